The second-order valence-electron chi connectivity index (χ2n) is 6.05. The Kier molecular flexibility index (Phi) is 4.35. The van der Waals surface area contributed by atoms with Gasteiger partial charge in [0.25, 0.3) is 10.1 Å². The standard InChI is InChI=1S/C21H13N3O3S/c22-13-16-11-12-17-20(21(16)28(25,26)27)24-19(15-9-5-2-6-10-15)18(23-17)14-7-3-1-4-8-14/h1-12H,(H,25,26,27). The molecule has 0 unspecified atom stereocenters. The summed E-state index contributed by atoms with van der Waals surface area (Å²) in [5, 5.41) is 9.29. The molecule has 28 heavy (non-hydrogen) atoms. The minimum Gasteiger partial charge on any atom is -0.282 e. The van der Waals surface area contributed by atoms with E-state index < -0.39 is 15.0 Å². The molecule has 3 aromatic carbocycles. The SMILES string of the molecule is N#Cc1ccc2nc(-c3ccccc3)c(-c3ccccc3)nc2c1S(=O)(=O)O. The average Bonchev–Trinajstić information content (AvgIpc) is 2.72. The topological polar surface area (TPSA) is 104 Å². The minimum absolute atomic E-state index is 0.0416. The third-order valence-corrected chi connectivity index (χ3v) is 5.19. The number of nitriles is 1. The van der Waals surface area contributed by atoms with Gasteiger partial charge in [-0.2, -0.15) is 13.7 Å². The first-order valence-electron chi connectivity index (χ1n) is 8.32. The smallest absolute Gasteiger partial charge is 0.282 e. The van der Waals surface area contributed by atoms with E-state index in [1.165, 1.54) is 12.1 Å². The molecule has 0 bridgehead atoms. The second kappa shape index (κ2) is 6.85. The number of fused-ring (bicyclic) bond motifs is 1. The molecule has 0 aliphatic heterocycles. The van der Waals surface area contributed by atoms with Gasteiger partial charge in [-0.25, -0.2) is 9.97 Å². The highest BCUT2D eigenvalue weighted by Gasteiger charge is 2.23. The lowest BCUT2D eigenvalue weighted by Crippen LogP contribution is -2.06. The molecule has 0 fully saturated rings. The normalized spacial score (nSPS) is 11.3. The van der Waals surface area contributed by atoms with Crippen LogP contribution in [0.1, 0.15) is 5.56 Å². The molecule has 0 spiro atoms. The van der Waals surface area contributed by atoms with Crippen molar-refractivity contribution >= 4 is 21.2 Å². The molecule has 1 heterocycles. The average molecular weight is 387 g/mol. The van der Waals surface area contributed by atoms with Gasteiger partial charge >= 0.3 is 0 Å². The minimum atomic E-state index is -4.67. The third kappa shape index (κ3) is 3.11. The van der Waals surface area contributed by atoms with Crippen LogP contribution in [0.4, 0.5) is 0 Å². The summed E-state index contributed by atoms with van der Waals surface area (Å²) >= 11 is 0. The van der Waals surface area contributed by atoms with Crippen molar-refractivity contribution in [3.63, 3.8) is 0 Å². The first-order valence-corrected chi connectivity index (χ1v) is 9.76. The third-order valence-electron chi connectivity index (χ3n) is 4.26. The molecule has 0 atom stereocenters. The Morgan fingerprint density at radius 2 is 1.32 bits per heavy atom. The van der Waals surface area contributed by atoms with Crippen molar-refractivity contribution in [1.29, 1.82) is 5.26 Å². The fraction of sp³-hybridized carbons (Fsp3) is 0. The maximum atomic E-state index is 12.0. The van der Waals surface area contributed by atoms with E-state index >= 15 is 0 Å². The van der Waals surface area contributed by atoms with Crippen LogP contribution in [0.3, 0.4) is 0 Å². The second-order valence-corrected chi connectivity index (χ2v) is 7.41. The van der Waals surface area contributed by atoms with Gasteiger partial charge in [0.05, 0.1) is 22.5 Å². The van der Waals surface area contributed by atoms with E-state index in [4.69, 9.17) is 0 Å². The van der Waals surface area contributed by atoms with Gasteiger partial charge in [-0.05, 0) is 12.1 Å². The number of hydrogen-bond acceptors (Lipinski definition) is 5. The van der Waals surface area contributed by atoms with Crippen molar-refractivity contribution in [2.75, 3.05) is 0 Å². The number of hydrogen-bond donors (Lipinski definition) is 1. The Bertz CT molecular complexity index is 1330. The number of benzene rings is 3. The fourth-order valence-corrected chi connectivity index (χ4v) is 3.83. The first-order chi connectivity index (χ1) is 13.5. The summed E-state index contributed by atoms with van der Waals surface area (Å²) in [5.41, 5.74) is 2.62. The van der Waals surface area contributed by atoms with Gasteiger partial charge in [-0.15, -0.1) is 0 Å². The van der Waals surface area contributed by atoms with Crippen molar-refractivity contribution in [3.05, 3.63) is 78.4 Å². The molecule has 6 nitrogen and oxygen atoms in total. The lowest BCUT2D eigenvalue weighted by molar-refractivity contribution is 0.484. The highest BCUT2D eigenvalue weighted by molar-refractivity contribution is 7.86. The van der Waals surface area contributed by atoms with Gasteiger partial charge in [-0.3, -0.25) is 4.55 Å². The van der Waals surface area contributed by atoms with Crippen molar-refractivity contribution in [2.24, 2.45) is 0 Å². The molecule has 0 aliphatic rings. The van der Waals surface area contributed by atoms with Gasteiger partial charge in [-0.1, -0.05) is 60.7 Å². The van der Waals surface area contributed by atoms with Gasteiger partial charge in [0.2, 0.25) is 0 Å². The summed E-state index contributed by atoms with van der Waals surface area (Å²) in [6.45, 7) is 0. The molecular weight excluding hydrogens is 374 g/mol. The van der Waals surface area contributed by atoms with Crippen LogP contribution in [0.5, 0.6) is 0 Å². The van der Waals surface area contributed by atoms with Gasteiger partial charge in [0.1, 0.15) is 16.5 Å². The van der Waals surface area contributed by atoms with Gasteiger partial charge in [0, 0.05) is 11.1 Å². The summed E-state index contributed by atoms with van der Waals surface area (Å²) < 4.78 is 33.6. The van der Waals surface area contributed by atoms with Crippen LogP contribution >= 0.6 is 0 Å². The zero-order chi connectivity index (χ0) is 19.7. The first kappa shape index (κ1) is 17.8. The van der Waals surface area contributed by atoms with Crippen molar-refractivity contribution in [1.82, 2.24) is 9.97 Å². The molecule has 0 aliphatic carbocycles. The van der Waals surface area contributed by atoms with Gasteiger partial charge in [0.15, 0.2) is 0 Å². The van der Waals surface area contributed by atoms with Crippen molar-refractivity contribution < 1.29 is 13.0 Å². The predicted octanol–water partition coefficient (Wildman–Crippen LogP) is 4.08. The summed E-state index contributed by atoms with van der Waals surface area (Å²) in [6.07, 6.45) is 0. The van der Waals surface area contributed by atoms with E-state index in [-0.39, 0.29) is 16.6 Å². The highest BCUT2D eigenvalue weighted by Crippen LogP contribution is 2.33. The Labute approximate surface area is 161 Å². The van der Waals surface area contributed by atoms with Crippen molar-refractivity contribution in [2.45, 2.75) is 4.90 Å². The Morgan fingerprint density at radius 3 is 1.82 bits per heavy atom. The molecule has 4 rings (SSSR count). The number of aromatic nitrogens is 2. The van der Waals surface area contributed by atoms with Gasteiger partial charge < -0.3 is 0 Å². The van der Waals surface area contributed by atoms with Crippen LogP contribution < -0.4 is 0 Å². The van der Waals surface area contributed by atoms with E-state index in [9.17, 15) is 18.2 Å². The van der Waals surface area contributed by atoms with Crippen molar-refractivity contribution in [3.8, 4) is 28.6 Å². The molecule has 0 saturated heterocycles. The molecule has 1 N–H and O–H groups in total. The maximum absolute atomic E-state index is 12.0. The predicted molar refractivity (Wildman–Crippen MR) is 105 cm³/mol. The summed E-state index contributed by atoms with van der Waals surface area (Å²) in [6, 6.07) is 23.2. The van der Waals surface area contributed by atoms with E-state index in [1.807, 2.05) is 60.7 Å². The summed E-state index contributed by atoms with van der Waals surface area (Å²) in [5.74, 6) is 0. The zero-order valence-electron chi connectivity index (χ0n) is 14.4. The van der Waals surface area contributed by atoms with E-state index in [1.54, 1.807) is 6.07 Å². The van der Waals surface area contributed by atoms with Crippen LogP contribution in [-0.4, -0.2) is 22.9 Å². The molecule has 1 aromatic heterocycles. The Hall–Kier alpha value is -3.60. The monoisotopic (exact) mass is 387 g/mol. The molecular formula is C21H13N3O3S. The number of nitrogens with zero attached hydrogens (tertiary/aromatic N) is 3. The zero-order valence-corrected chi connectivity index (χ0v) is 15.3. The number of rotatable bonds is 3. The van der Waals surface area contributed by atoms with Crippen LogP contribution in [0.15, 0.2) is 77.7 Å². The summed E-state index contributed by atoms with van der Waals surface area (Å²) in [7, 11) is -4.67. The Balaban J connectivity index is 2.16. The van der Waals surface area contributed by atoms with E-state index in [0.29, 0.717) is 11.4 Å². The Morgan fingerprint density at radius 1 is 0.786 bits per heavy atom. The molecule has 7 heteroatoms. The summed E-state index contributed by atoms with van der Waals surface area (Å²) in [4.78, 5) is 8.64. The lowest BCUT2D eigenvalue weighted by atomic mass is 10.0. The highest BCUT2D eigenvalue weighted by atomic mass is 32.2. The molecule has 0 saturated carbocycles. The largest absolute Gasteiger partial charge is 0.298 e. The molecule has 4 aromatic rings. The quantitative estimate of drug-likeness (QED) is 0.531. The maximum Gasteiger partial charge on any atom is 0.298 e. The van der Waals surface area contributed by atoms with Crippen LogP contribution in [0.25, 0.3) is 33.5 Å². The van der Waals surface area contributed by atoms with E-state index in [2.05, 4.69) is 9.97 Å². The molecule has 0 radical (unpaired) electrons. The van der Waals surface area contributed by atoms with Crippen LogP contribution in [0, 0.1) is 11.3 Å². The van der Waals surface area contributed by atoms with E-state index in [0.717, 1.165) is 11.1 Å². The molecule has 136 valence electrons. The molecule has 0 amide bonds. The fourth-order valence-electron chi connectivity index (χ4n) is 3.04. The lowest BCUT2D eigenvalue weighted by Gasteiger charge is -2.12. The van der Waals surface area contributed by atoms with Crippen LogP contribution in [0.2, 0.25) is 0 Å². The van der Waals surface area contributed by atoms with Crippen LogP contribution in [-0.2, 0) is 10.1 Å².